The zero-order valence-corrected chi connectivity index (χ0v) is 20.7. The summed E-state index contributed by atoms with van der Waals surface area (Å²) in [7, 11) is -4.13. The fraction of sp³-hybridized carbons (Fsp3) is 0.524. The molecule has 15 heteroatoms. The molecule has 1 atom stereocenters. The highest BCUT2D eigenvalue weighted by Crippen LogP contribution is 2.28. The number of carbonyl (C=O) groups excluding carboxylic acids is 2. The third kappa shape index (κ3) is 7.67. The molecule has 10 nitrogen and oxygen atoms in total. The van der Waals surface area contributed by atoms with Gasteiger partial charge in [-0.2, -0.15) is 0 Å². The molecule has 0 spiro atoms. The van der Waals surface area contributed by atoms with Crippen LogP contribution in [-0.4, -0.2) is 62.0 Å². The fourth-order valence-corrected chi connectivity index (χ4v) is 5.45. The third-order valence-electron chi connectivity index (χ3n) is 5.54. The van der Waals surface area contributed by atoms with Gasteiger partial charge in [0, 0.05) is 11.4 Å². The average Bonchev–Trinajstić information content (AvgIpc) is 3.34. The van der Waals surface area contributed by atoms with Crippen molar-refractivity contribution in [3.8, 4) is 0 Å². The van der Waals surface area contributed by atoms with Crippen LogP contribution in [0, 0.1) is 5.92 Å². The molecule has 0 unspecified atom stereocenters. The summed E-state index contributed by atoms with van der Waals surface area (Å²) in [5.74, 6) is -1.29. The van der Waals surface area contributed by atoms with Crippen LogP contribution in [0.25, 0.3) is 0 Å². The van der Waals surface area contributed by atoms with Gasteiger partial charge in [0.15, 0.2) is 5.03 Å². The van der Waals surface area contributed by atoms with Crippen molar-refractivity contribution in [1.82, 2.24) is 20.4 Å². The highest BCUT2D eigenvalue weighted by Gasteiger charge is 2.33. The van der Waals surface area contributed by atoms with Gasteiger partial charge in [-0.3, -0.25) is 14.0 Å². The molecule has 1 aromatic heterocycles. The molecule has 3 rings (SSSR count). The molecule has 1 saturated carbocycles. The number of carbonyl (C=O) groups is 2. The normalized spacial score (nSPS) is 15.6. The van der Waals surface area contributed by atoms with Crippen molar-refractivity contribution in [2.75, 3.05) is 24.3 Å². The second-order valence-corrected chi connectivity index (χ2v) is 10.9. The summed E-state index contributed by atoms with van der Waals surface area (Å²) >= 11 is 0.964. The number of amides is 2. The maximum atomic E-state index is 13.2. The Morgan fingerprint density at radius 3 is 2.44 bits per heavy atom. The molecule has 1 fully saturated rings. The Balaban J connectivity index is 1.72. The number of halogens is 3. The van der Waals surface area contributed by atoms with Gasteiger partial charge in [-0.05, 0) is 53.3 Å². The van der Waals surface area contributed by atoms with Crippen LogP contribution >= 0.6 is 11.8 Å². The average molecular weight is 550 g/mol. The van der Waals surface area contributed by atoms with E-state index >= 15 is 0 Å². The van der Waals surface area contributed by atoms with E-state index in [2.05, 4.69) is 25.6 Å². The number of hydrogen-bond acceptors (Lipinski definition) is 8. The van der Waals surface area contributed by atoms with Gasteiger partial charge in [-0.25, -0.2) is 26.5 Å². The van der Waals surface area contributed by atoms with Crippen LogP contribution in [0.3, 0.4) is 0 Å². The van der Waals surface area contributed by atoms with E-state index in [1.54, 1.807) is 4.72 Å². The molecule has 1 aliphatic rings. The molecule has 0 bridgehead atoms. The number of sulfonamides is 1. The van der Waals surface area contributed by atoms with E-state index in [0.29, 0.717) is 12.8 Å². The zero-order chi connectivity index (χ0) is 26.1. The molecule has 0 saturated heterocycles. The first-order valence-electron chi connectivity index (χ1n) is 11.2. The topological polar surface area (TPSA) is 143 Å². The molecule has 2 aromatic rings. The van der Waals surface area contributed by atoms with Crippen molar-refractivity contribution in [3.05, 3.63) is 30.0 Å². The summed E-state index contributed by atoms with van der Waals surface area (Å²) in [6, 6.07) is 4.06. The number of anilines is 1. The first-order valence-corrected chi connectivity index (χ1v) is 13.7. The number of nitrogens with zero attached hydrogens (tertiary/aromatic N) is 2. The van der Waals surface area contributed by atoms with E-state index in [1.165, 1.54) is 24.3 Å². The highest BCUT2D eigenvalue weighted by atomic mass is 32.2. The van der Waals surface area contributed by atoms with Crippen LogP contribution in [0.2, 0.25) is 0 Å². The number of hydrogen-bond donors (Lipinski definition) is 3. The summed E-state index contributed by atoms with van der Waals surface area (Å²) in [5.41, 5.74) is 0.109. The van der Waals surface area contributed by atoms with Crippen LogP contribution in [0.4, 0.5) is 18.9 Å². The molecule has 0 radical (unpaired) electrons. The van der Waals surface area contributed by atoms with Crippen LogP contribution < -0.4 is 15.4 Å². The Morgan fingerprint density at radius 2 is 1.81 bits per heavy atom. The maximum Gasteiger partial charge on any atom is 0.277 e. The molecule has 36 heavy (non-hydrogen) atoms. The van der Waals surface area contributed by atoms with Crippen molar-refractivity contribution in [2.24, 2.45) is 5.92 Å². The molecule has 198 valence electrons. The minimum Gasteiger partial charge on any atom is -0.338 e. The summed E-state index contributed by atoms with van der Waals surface area (Å²) in [6.45, 7) is -1.65. The SMILES string of the molecule is O=C(N[C@H](C(=O)Nc1ccc(S(=O)(=O)NCC(F)F)cc1)C1CCCCC1)c1nonc1SCCF. The lowest BCUT2D eigenvalue weighted by molar-refractivity contribution is -0.119. The quantitative estimate of drug-likeness (QED) is 0.343. The Bertz CT molecular complexity index is 1130. The molecule has 3 N–H and O–H groups in total. The van der Waals surface area contributed by atoms with Gasteiger partial charge in [0.1, 0.15) is 6.04 Å². The summed E-state index contributed by atoms with van der Waals surface area (Å²) < 4.78 is 67.8. The number of alkyl halides is 3. The Morgan fingerprint density at radius 1 is 1.11 bits per heavy atom. The van der Waals surface area contributed by atoms with E-state index < -0.39 is 47.5 Å². The Labute approximate surface area is 210 Å². The molecule has 1 aromatic carbocycles. The third-order valence-corrected chi connectivity index (χ3v) is 7.88. The number of nitrogens with one attached hydrogen (secondary N) is 3. The van der Waals surface area contributed by atoms with Gasteiger partial charge < -0.3 is 10.6 Å². The van der Waals surface area contributed by atoms with Gasteiger partial charge >= 0.3 is 0 Å². The zero-order valence-electron chi connectivity index (χ0n) is 19.1. The molecule has 2 amide bonds. The van der Waals surface area contributed by atoms with Crippen molar-refractivity contribution in [3.63, 3.8) is 0 Å². The number of rotatable bonds is 12. The van der Waals surface area contributed by atoms with Crippen LogP contribution in [0.15, 0.2) is 38.8 Å². The standard InChI is InChI=1S/C21H26F3N5O5S2/c22-10-11-35-21-18(28-34-29-21)20(31)27-17(13-4-2-1-3-5-13)19(30)26-14-6-8-15(9-7-14)36(32,33)25-12-16(23)24/h6-9,13,16-17,25H,1-5,10-12H2,(H,26,30)(H,27,31)/t17-/m0/s1. The second kappa shape index (κ2) is 13.1. The van der Waals surface area contributed by atoms with Crippen molar-refractivity contribution in [1.29, 1.82) is 0 Å². The minimum absolute atomic E-state index is 0.0599. The van der Waals surface area contributed by atoms with Crippen molar-refractivity contribution >= 4 is 39.3 Å². The summed E-state index contributed by atoms with van der Waals surface area (Å²) in [4.78, 5) is 25.8. The summed E-state index contributed by atoms with van der Waals surface area (Å²) in [6.07, 6.45) is 1.40. The minimum atomic E-state index is -4.13. The van der Waals surface area contributed by atoms with Crippen molar-refractivity contribution < 1.29 is 35.8 Å². The van der Waals surface area contributed by atoms with Gasteiger partial charge in [0.05, 0.1) is 18.1 Å². The maximum absolute atomic E-state index is 13.2. The van der Waals surface area contributed by atoms with E-state index in [9.17, 15) is 31.2 Å². The Kier molecular flexibility index (Phi) is 10.1. The monoisotopic (exact) mass is 549 g/mol. The lowest BCUT2D eigenvalue weighted by atomic mass is 9.83. The molecule has 1 aliphatic carbocycles. The number of benzene rings is 1. The predicted molar refractivity (Wildman–Crippen MR) is 125 cm³/mol. The lowest BCUT2D eigenvalue weighted by Crippen LogP contribution is -2.49. The molecule has 0 aliphatic heterocycles. The summed E-state index contributed by atoms with van der Waals surface area (Å²) in [5, 5.41) is 12.7. The highest BCUT2D eigenvalue weighted by molar-refractivity contribution is 7.99. The Hall–Kier alpha value is -2.65. The predicted octanol–water partition coefficient (Wildman–Crippen LogP) is 2.99. The van der Waals surface area contributed by atoms with Crippen LogP contribution in [0.5, 0.6) is 0 Å². The first-order chi connectivity index (χ1) is 17.2. The van der Waals surface area contributed by atoms with E-state index in [0.717, 1.165) is 31.0 Å². The van der Waals surface area contributed by atoms with Gasteiger partial charge in [0.2, 0.25) is 21.6 Å². The number of thioether (sulfide) groups is 1. The van der Waals surface area contributed by atoms with E-state index in [-0.39, 0.29) is 33.0 Å². The van der Waals surface area contributed by atoms with Gasteiger partial charge in [-0.1, -0.05) is 31.0 Å². The molecule has 1 heterocycles. The largest absolute Gasteiger partial charge is 0.338 e. The molecular weight excluding hydrogens is 523 g/mol. The first kappa shape index (κ1) is 27.9. The van der Waals surface area contributed by atoms with E-state index in [1.807, 2.05) is 0 Å². The van der Waals surface area contributed by atoms with Gasteiger partial charge in [-0.15, -0.1) is 0 Å². The lowest BCUT2D eigenvalue weighted by Gasteiger charge is -2.29. The van der Waals surface area contributed by atoms with Gasteiger partial charge in [0.25, 0.3) is 12.3 Å². The second-order valence-electron chi connectivity index (χ2n) is 8.06. The smallest absolute Gasteiger partial charge is 0.277 e. The van der Waals surface area contributed by atoms with E-state index in [4.69, 9.17) is 0 Å². The number of aromatic nitrogens is 2. The van der Waals surface area contributed by atoms with Crippen LogP contribution in [-0.2, 0) is 14.8 Å². The van der Waals surface area contributed by atoms with Crippen molar-refractivity contribution in [2.45, 2.75) is 54.5 Å². The van der Waals surface area contributed by atoms with Crippen LogP contribution in [0.1, 0.15) is 42.6 Å². The molecular formula is C21H26F3N5O5S2. The fourth-order valence-electron chi connectivity index (χ4n) is 3.82.